The minimum absolute atomic E-state index is 0.300. The van der Waals surface area contributed by atoms with Gasteiger partial charge in [-0.1, -0.05) is 33.1 Å². The van der Waals surface area contributed by atoms with E-state index < -0.39 is 0 Å². The molecule has 84 valence electrons. The van der Waals surface area contributed by atoms with Crippen LogP contribution in [0.4, 0.5) is 0 Å². The molecule has 1 fully saturated rings. The van der Waals surface area contributed by atoms with Gasteiger partial charge < -0.3 is 10.4 Å². The van der Waals surface area contributed by atoms with E-state index in [1.807, 2.05) is 0 Å². The standard InChI is InChI=1S/C12H25NO/c1-10(9-14)8-13-12-7-5-3-4-6-11(12)2/h10-14H,3-9H2,1-2H3. The molecular weight excluding hydrogens is 174 g/mol. The van der Waals surface area contributed by atoms with E-state index in [-0.39, 0.29) is 0 Å². The molecule has 1 saturated carbocycles. The van der Waals surface area contributed by atoms with Gasteiger partial charge >= 0.3 is 0 Å². The second kappa shape index (κ2) is 6.41. The molecule has 0 aromatic carbocycles. The maximum absolute atomic E-state index is 8.95. The molecule has 0 amide bonds. The third kappa shape index (κ3) is 3.97. The van der Waals surface area contributed by atoms with E-state index in [2.05, 4.69) is 19.2 Å². The molecule has 0 aromatic rings. The Kier molecular flexibility index (Phi) is 5.49. The largest absolute Gasteiger partial charge is 0.396 e. The van der Waals surface area contributed by atoms with Gasteiger partial charge in [-0.05, 0) is 24.7 Å². The summed E-state index contributed by atoms with van der Waals surface area (Å²) in [7, 11) is 0. The van der Waals surface area contributed by atoms with Crippen LogP contribution in [0.15, 0.2) is 0 Å². The van der Waals surface area contributed by atoms with Crippen molar-refractivity contribution >= 4 is 0 Å². The van der Waals surface area contributed by atoms with Crippen molar-refractivity contribution in [1.82, 2.24) is 5.32 Å². The van der Waals surface area contributed by atoms with Crippen LogP contribution in [0, 0.1) is 11.8 Å². The maximum atomic E-state index is 8.95. The van der Waals surface area contributed by atoms with E-state index in [0.29, 0.717) is 18.6 Å². The van der Waals surface area contributed by atoms with Crippen molar-refractivity contribution in [3.8, 4) is 0 Å². The second-order valence-electron chi connectivity index (χ2n) is 4.92. The number of rotatable bonds is 4. The topological polar surface area (TPSA) is 32.3 Å². The lowest BCUT2D eigenvalue weighted by Crippen LogP contribution is -2.37. The molecule has 2 nitrogen and oxygen atoms in total. The molecule has 1 aliphatic carbocycles. The molecule has 2 N–H and O–H groups in total. The molecule has 0 saturated heterocycles. The van der Waals surface area contributed by atoms with Crippen LogP contribution < -0.4 is 5.32 Å². The highest BCUT2D eigenvalue weighted by molar-refractivity contribution is 4.77. The normalized spacial score (nSPS) is 31.1. The van der Waals surface area contributed by atoms with Crippen LogP contribution in [0.25, 0.3) is 0 Å². The molecule has 1 aliphatic rings. The summed E-state index contributed by atoms with van der Waals surface area (Å²) >= 11 is 0. The zero-order valence-corrected chi connectivity index (χ0v) is 9.63. The van der Waals surface area contributed by atoms with Crippen LogP contribution in [-0.2, 0) is 0 Å². The first-order valence-electron chi connectivity index (χ1n) is 6.08. The summed E-state index contributed by atoms with van der Waals surface area (Å²) in [5.74, 6) is 1.20. The Morgan fingerprint density at radius 1 is 1.29 bits per heavy atom. The van der Waals surface area contributed by atoms with Gasteiger partial charge in [0.05, 0.1) is 0 Å². The third-order valence-electron chi connectivity index (χ3n) is 3.40. The van der Waals surface area contributed by atoms with Gasteiger partial charge in [-0.2, -0.15) is 0 Å². The number of hydrogen-bond donors (Lipinski definition) is 2. The minimum atomic E-state index is 0.300. The first-order chi connectivity index (χ1) is 6.74. The molecule has 0 aromatic heterocycles. The van der Waals surface area contributed by atoms with E-state index in [9.17, 15) is 0 Å². The molecule has 0 heterocycles. The number of aliphatic hydroxyl groups excluding tert-OH is 1. The third-order valence-corrected chi connectivity index (χ3v) is 3.40. The van der Waals surface area contributed by atoms with E-state index in [1.165, 1.54) is 32.1 Å². The zero-order chi connectivity index (χ0) is 10.4. The smallest absolute Gasteiger partial charge is 0.0468 e. The molecule has 0 spiro atoms. The van der Waals surface area contributed by atoms with Gasteiger partial charge in [-0.25, -0.2) is 0 Å². The first kappa shape index (κ1) is 12.0. The first-order valence-corrected chi connectivity index (χ1v) is 6.08. The summed E-state index contributed by atoms with van der Waals surface area (Å²) < 4.78 is 0. The van der Waals surface area contributed by atoms with Crippen molar-refractivity contribution < 1.29 is 5.11 Å². The van der Waals surface area contributed by atoms with Gasteiger partial charge in [0.1, 0.15) is 0 Å². The fraction of sp³-hybridized carbons (Fsp3) is 1.00. The Labute approximate surface area is 88.1 Å². The summed E-state index contributed by atoms with van der Waals surface area (Å²) in [5, 5.41) is 12.5. The van der Waals surface area contributed by atoms with Gasteiger partial charge in [0.2, 0.25) is 0 Å². The van der Waals surface area contributed by atoms with Gasteiger partial charge in [0, 0.05) is 19.2 Å². The lowest BCUT2D eigenvalue weighted by atomic mass is 9.96. The lowest BCUT2D eigenvalue weighted by Gasteiger charge is -2.24. The average molecular weight is 199 g/mol. The predicted molar refractivity (Wildman–Crippen MR) is 60.3 cm³/mol. The molecule has 3 atom stereocenters. The Bertz CT molecular complexity index is 149. The van der Waals surface area contributed by atoms with Crippen LogP contribution in [0.5, 0.6) is 0 Å². The summed E-state index contributed by atoms with van der Waals surface area (Å²) in [6.45, 7) is 5.71. The van der Waals surface area contributed by atoms with Gasteiger partial charge in [-0.3, -0.25) is 0 Å². The van der Waals surface area contributed by atoms with Gasteiger partial charge in [0.15, 0.2) is 0 Å². The Morgan fingerprint density at radius 2 is 2.00 bits per heavy atom. The van der Waals surface area contributed by atoms with Crippen LogP contribution in [0.1, 0.15) is 46.0 Å². The van der Waals surface area contributed by atoms with Crippen molar-refractivity contribution in [1.29, 1.82) is 0 Å². The van der Waals surface area contributed by atoms with Crippen LogP contribution in [-0.4, -0.2) is 24.3 Å². The SMILES string of the molecule is CC(CO)CNC1CCCCCC1C. The van der Waals surface area contributed by atoms with Crippen LogP contribution in [0.3, 0.4) is 0 Å². The van der Waals surface area contributed by atoms with Crippen molar-refractivity contribution in [3.63, 3.8) is 0 Å². The molecule has 0 aliphatic heterocycles. The quantitative estimate of drug-likeness (QED) is 0.680. The molecule has 3 unspecified atom stereocenters. The van der Waals surface area contributed by atoms with E-state index in [1.54, 1.807) is 0 Å². The fourth-order valence-electron chi connectivity index (χ4n) is 2.21. The summed E-state index contributed by atoms with van der Waals surface area (Å²) in [5.41, 5.74) is 0. The fourth-order valence-corrected chi connectivity index (χ4v) is 2.21. The van der Waals surface area contributed by atoms with E-state index in [0.717, 1.165) is 12.5 Å². The van der Waals surface area contributed by atoms with Crippen molar-refractivity contribution in [2.75, 3.05) is 13.2 Å². The Balaban J connectivity index is 2.26. The molecule has 0 radical (unpaired) electrons. The predicted octanol–water partition coefficient (Wildman–Crippen LogP) is 2.17. The molecule has 14 heavy (non-hydrogen) atoms. The van der Waals surface area contributed by atoms with Gasteiger partial charge in [-0.15, -0.1) is 0 Å². The lowest BCUT2D eigenvalue weighted by molar-refractivity contribution is 0.223. The number of aliphatic hydroxyl groups is 1. The average Bonchev–Trinajstić information content (AvgIpc) is 2.39. The van der Waals surface area contributed by atoms with Crippen LogP contribution >= 0.6 is 0 Å². The molecule has 2 heteroatoms. The Hall–Kier alpha value is -0.0800. The molecule has 1 rings (SSSR count). The Morgan fingerprint density at radius 3 is 2.71 bits per heavy atom. The summed E-state index contributed by atoms with van der Waals surface area (Å²) in [6, 6.07) is 0.687. The number of nitrogens with one attached hydrogen (secondary N) is 1. The highest BCUT2D eigenvalue weighted by Crippen LogP contribution is 2.22. The second-order valence-corrected chi connectivity index (χ2v) is 4.92. The van der Waals surface area contributed by atoms with Crippen LogP contribution in [0.2, 0.25) is 0 Å². The monoisotopic (exact) mass is 199 g/mol. The minimum Gasteiger partial charge on any atom is -0.396 e. The molecular formula is C12H25NO. The molecule has 0 bridgehead atoms. The number of hydrogen-bond acceptors (Lipinski definition) is 2. The van der Waals surface area contributed by atoms with E-state index >= 15 is 0 Å². The van der Waals surface area contributed by atoms with Crippen molar-refractivity contribution in [2.45, 2.75) is 52.0 Å². The zero-order valence-electron chi connectivity index (χ0n) is 9.63. The highest BCUT2D eigenvalue weighted by atomic mass is 16.3. The summed E-state index contributed by atoms with van der Waals surface area (Å²) in [4.78, 5) is 0. The van der Waals surface area contributed by atoms with Crippen molar-refractivity contribution in [2.24, 2.45) is 11.8 Å². The maximum Gasteiger partial charge on any atom is 0.0468 e. The highest BCUT2D eigenvalue weighted by Gasteiger charge is 2.19. The summed E-state index contributed by atoms with van der Waals surface area (Å²) in [6.07, 6.45) is 6.85. The van der Waals surface area contributed by atoms with E-state index in [4.69, 9.17) is 5.11 Å². The van der Waals surface area contributed by atoms with Crippen molar-refractivity contribution in [3.05, 3.63) is 0 Å². The van der Waals surface area contributed by atoms with Gasteiger partial charge in [0.25, 0.3) is 0 Å².